The number of esters is 1. The molecule has 2 aromatic rings. The van der Waals surface area contributed by atoms with E-state index in [9.17, 15) is 14.4 Å². The van der Waals surface area contributed by atoms with Crippen molar-refractivity contribution in [3.8, 4) is 17.2 Å². The Morgan fingerprint density at radius 3 is 1.97 bits per heavy atom. The van der Waals surface area contributed by atoms with Crippen LogP contribution >= 0.6 is 0 Å². The standard InChI is InChI=1S/C25H29NO7/c1-25(2,3)24(29)26-18-10-8-17(9-11-18)19(27)15-33-22(28)12-7-16-13-20(30-4)23(32-6)21(14-16)31-5/h7-14H,15H2,1-6H3,(H,26,29)/b12-7+. The van der Waals surface area contributed by atoms with Crippen molar-refractivity contribution in [1.29, 1.82) is 0 Å². The highest BCUT2D eigenvalue weighted by atomic mass is 16.5. The second-order valence-corrected chi connectivity index (χ2v) is 8.10. The molecule has 1 amide bonds. The molecule has 0 saturated heterocycles. The Morgan fingerprint density at radius 2 is 1.48 bits per heavy atom. The molecule has 33 heavy (non-hydrogen) atoms. The fourth-order valence-electron chi connectivity index (χ4n) is 2.69. The Kier molecular flexibility index (Phi) is 8.62. The summed E-state index contributed by atoms with van der Waals surface area (Å²) in [5.41, 5.74) is 1.04. The molecule has 0 saturated carbocycles. The molecule has 0 aromatic heterocycles. The highest BCUT2D eigenvalue weighted by Crippen LogP contribution is 2.38. The van der Waals surface area contributed by atoms with Gasteiger partial charge in [0.1, 0.15) is 0 Å². The van der Waals surface area contributed by atoms with Crippen LogP contribution in [0.25, 0.3) is 6.08 Å². The summed E-state index contributed by atoms with van der Waals surface area (Å²) in [4.78, 5) is 36.4. The maximum absolute atomic E-state index is 12.3. The first kappa shape index (κ1) is 25.5. The van der Waals surface area contributed by atoms with Crippen LogP contribution in [0.1, 0.15) is 36.7 Å². The number of anilines is 1. The molecular weight excluding hydrogens is 426 g/mol. The summed E-state index contributed by atoms with van der Waals surface area (Å²) < 4.78 is 20.9. The highest BCUT2D eigenvalue weighted by molar-refractivity contribution is 6.00. The van der Waals surface area contributed by atoms with E-state index in [1.54, 1.807) is 36.4 Å². The summed E-state index contributed by atoms with van der Waals surface area (Å²) in [5.74, 6) is 0.164. The van der Waals surface area contributed by atoms with Gasteiger partial charge in [0.2, 0.25) is 11.7 Å². The lowest BCUT2D eigenvalue weighted by atomic mass is 9.95. The number of hydrogen-bond donors (Lipinski definition) is 1. The van der Waals surface area contributed by atoms with Crippen LogP contribution < -0.4 is 19.5 Å². The number of amides is 1. The summed E-state index contributed by atoms with van der Waals surface area (Å²) in [6.45, 7) is 5.02. The van der Waals surface area contributed by atoms with E-state index in [4.69, 9.17) is 18.9 Å². The molecule has 176 valence electrons. The molecule has 0 unspecified atom stereocenters. The molecule has 0 atom stereocenters. The van der Waals surface area contributed by atoms with E-state index in [2.05, 4.69) is 5.32 Å². The predicted molar refractivity (Wildman–Crippen MR) is 125 cm³/mol. The maximum Gasteiger partial charge on any atom is 0.331 e. The fraction of sp³-hybridized carbons (Fsp3) is 0.320. The summed E-state index contributed by atoms with van der Waals surface area (Å²) >= 11 is 0. The van der Waals surface area contributed by atoms with E-state index in [1.807, 2.05) is 20.8 Å². The van der Waals surface area contributed by atoms with E-state index >= 15 is 0 Å². The highest BCUT2D eigenvalue weighted by Gasteiger charge is 2.21. The molecule has 0 fully saturated rings. The van der Waals surface area contributed by atoms with Crippen molar-refractivity contribution < 1.29 is 33.3 Å². The van der Waals surface area contributed by atoms with Gasteiger partial charge in [-0.1, -0.05) is 20.8 Å². The lowest BCUT2D eigenvalue weighted by Gasteiger charge is -2.17. The fourth-order valence-corrected chi connectivity index (χ4v) is 2.69. The van der Waals surface area contributed by atoms with Crippen molar-refractivity contribution in [3.63, 3.8) is 0 Å². The van der Waals surface area contributed by atoms with Gasteiger partial charge in [-0.15, -0.1) is 0 Å². The van der Waals surface area contributed by atoms with Crippen molar-refractivity contribution in [2.45, 2.75) is 20.8 Å². The van der Waals surface area contributed by atoms with Crippen LogP contribution in [0.3, 0.4) is 0 Å². The zero-order valence-corrected chi connectivity index (χ0v) is 19.7. The Labute approximate surface area is 193 Å². The molecule has 1 N–H and O–H groups in total. The predicted octanol–water partition coefficient (Wildman–Crippen LogP) is 4.14. The van der Waals surface area contributed by atoms with Crippen LogP contribution in [0, 0.1) is 5.41 Å². The van der Waals surface area contributed by atoms with Crippen molar-refractivity contribution >= 4 is 29.4 Å². The van der Waals surface area contributed by atoms with Crippen molar-refractivity contribution in [2.24, 2.45) is 5.41 Å². The number of rotatable bonds is 9. The van der Waals surface area contributed by atoms with Gasteiger partial charge in [-0.25, -0.2) is 4.79 Å². The zero-order valence-electron chi connectivity index (χ0n) is 19.7. The number of methoxy groups -OCH3 is 3. The first-order valence-electron chi connectivity index (χ1n) is 10.2. The van der Waals surface area contributed by atoms with Gasteiger partial charge >= 0.3 is 5.97 Å². The molecule has 0 heterocycles. The minimum absolute atomic E-state index is 0.130. The molecule has 8 heteroatoms. The molecular formula is C25H29NO7. The Hall–Kier alpha value is -3.81. The van der Waals surface area contributed by atoms with Crippen LogP contribution in [-0.4, -0.2) is 45.6 Å². The average molecular weight is 456 g/mol. The van der Waals surface area contributed by atoms with Gasteiger partial charge < -0.3 is 24.3 Å². The molecule has 0 aliphatic heterocycles. The molecule has 0 radical (unpaired) electrons. The zero-order chi connectivity index (χ0) is 24.6. The van der Waals surface area contributed by atoms with Crippen LogP contribution in [0.4, 0.5) is 5.69 Å². The number of carbonyl (C=O) groups excluding carboxylic acids is 3. The summed E-state index contributed by atoms with van der Waals surface area (Å²) in [7, 11) is 4.49. The van der Waals surface area contributed by atoms with Gasteiger partial charge in [-0.2, -0.15) is 0 Å². The number of hydrogen-bond acceptors (Lipinski definition) is 7. The number of Topliss-reactive ketones (excluding diaryl/α,β-unsaturated/α-hetero) is 1. The van der Waals surface area contributed by atoms with Crippen molar-refractivity contribution in [1.82, 2.24) is 0 Å². The second-order valence-electron chi connectivity index (χ2n) is 8.10. The molecule has 0 bridgehead atoms. The Balaban J connectivity index is 1.96. The molecule has 0 aliphatic carbocycles. The van der Waals surface area contributed by atoms with Crippen LogP contribution in [-0.2, 0) is 14.3 Å². The van der Waals surface area contributed by atoms with Gasteiger partial charge in [0.05, 0.1) is 21.3 Å². The van der Waals surface area contributed by atoms with E-state index < -0.39 is 18.0 Å². The smallest absolute Gasteiger partial charge is 0.331 e. The molecule has 0 spiro atoms. The minimum atomic E-state index is -0.675. The van der Waals surface area contributed by atoms with Gasteiger partial charge in [-0.05, 0) is 48.0 Å². The largest absolute Gasteiger partial charge is 0.493 e. The van der Waals surface area contributed by atoms with Crippen LogP contribution in [0.5, 0.6) is 17.2 Å². The number of carbonyl (C=O) groups is 3. The van der Waals surface area contributed by atoms with E-state index in [0.29, 0.717) is 34.1 Å². The van der Waals surface area contributed by atoms with Crippen LogP contribution in [0.15, 0.2) is 42.5 Å². The van der Waals surface area contributed by atoms with Gasteiger partial charge in [0, 0.05) is 22.7 Å². The van der Waals surface area contributed by atoms with Gasteiger partial charge in [0.25, 0.3) is 0 Å². The number of ether oxygens (including phenoxy) is 4. The first-order chi connectivity index (χ1) is 15.6. The third-order valence-corrected chi connectivity index (χ3v) is 4.59. The number of ketones is 1. The molecule has 2 rings (SSSR count). The van der Waals surface area contributed by atoms with E-state index in [0.717, 1.165) is 0 Å². The van der Waals surface area contributed by atoms with E-state index in [1.165, 1.54) is 33.5 Å². The summed E-state index contributed by atoms with van der Waals surface area (Å²) in [5, 5.41) is 2.78. The Morgan fingerprint density at radius 1 is 0.909 bits per heavy atom. The normalized spacial score (nSPS) is 11.1. The monoisotopic (exact) mass is 455 g/mol. The van der Waals surface area contributed by atoms with E-state index in [-0.39, 0.29) is 11.7 Å². The molecule has 0 aliphatic rings. The molecule has 8 nitrogen and oxygen atoms in total. The van der Waals surface area contributed by atoms with Gasteiger partial charge in [-0.3, -0.25) is 9.59 Å². The van der Waals surface area contributed by atoms with Crippen molar-refractivity contribution in [3.05, 3.63) is 53.6 Å². The number of benzene rings is 2. The lowest BCUT2D eigenvalue weighted by Crippen LogP contribution is -2.27. The maximum atomic E-state index is 12.3. The third-order valence-electron chi connectivity index (χ3n) is 4.59. The SMILES string of the molecule is COc1cc(/C=C/C(=O)OCC(=O)c2ccc(NC(=O)C(C)(C)C)cc2)cc(OC)c1OC. The number of nitrogens with one attached hydrogen (secondary N) is 1. The third kappa shape index (κ3) is 7.10. The first-order valence-corrected chi connectivity index (χ1v) is 10.2. The van der Waals surface area contributed by atoms with Gasteiger partial charge in [0.15, 0.2) is 23.9 Å². The Bertz CT molecular complexity index is 1010. The topological polar surface area (TPSA) is 100 Å². The summed E-state index contributed by atoms with van der Waals surface area (Å²) in [6, 6.07) is 9.75. The second kappa shape index (κ2) is 11.2. The quantitative estimate of drug-likeness (QED) is 0.345. The minimum Gasteiger partial charge on any atom is -0.493 e. The summed E-state index contributed by atoms with van der Waals surface area (Å²) in [6.07, 6.45) is 2.73. The van der Waals surface area contributed by atoms with Crippen molar-refractivity contribution in [2.75, 3.05) is 33.3 Å². The van der Waals surface area contributed by atoms with Crippen LogP contribution in [0.2, 0.25) is 0 Å². The molecule has 2 aromatic carbocycles. The lowest BCUT2D eigenvalue weighted by molar-refractivity contribution is -0.136. The average Bonchev–Trinajstić information content (AvgIpc) is 2.80.